The molecule has 114 valence electrons. The number of hydrogen-bond donors (Lipinski definition) is 1. The van der Waals surface area contributed by atoms with Crippen LogP contribution in [0.25, 0.3) is 0 Å². The Labute approximate surface area is 120 Å². The summed E-state index contributed by atoms with van der Waals surface area (Å²) < 4.78 is 0. The molecule has 20 heavy (non-hydrogen) atoms. The zero-order chi connectivity index (χ0) is 14.8. The van der Waals surface area contributed by atoms with Crippen molar-refractivity contribution in [3.05, 3.63) is 0 Å². The van der Waals surface area contributed by atoms with Gasteiger partial charge in [0, 0.05) is 26.2 Å². The van der Waals surface area contributed by atoms with Gasteiger partial charge in [-0.05, 0) is 32.1 Å². The molecule has 1 N–H and O–H groups in total. The Kier molecular flexibility index (Phi) is 4.55. The molecule has 5 nitrogen and oxygen atoms in total. The number of likely N-dealkylation sites (tertiary alicyclic amines) is 2. The van der Waals surface area contributed by atoms with Crippen LogP contribution in [0, 0.1) is 11.3 Å². The van der Waals surface area contributed by atoms with Crippen LogP contribution < -0.4 is 0 Å². The molecule has 0 aromatic carbocycles. The van der Waals surface area contributed by atoms with E-state index >= 15 is 0 Å². The predicted molar refractivity (Wildman–Crippen MR) is 76.5 cm³/mol. The summed E-state index contributed by atoms with van der Waals surface area (Å²) in [5.41, 5.74) is -0.768. The van der Waals surface area contributed by atoms with Gasteiger partial charge in [0.2, 0.25) is 0 Å². The van der Waals surface area contributed by atoms with Gasteiger partial charge in [0.25, 0.3) is 0 Å². The van der Waals surface area contributed by atoms with E-state index in [1.165, 1.54) is 12.8 Å². The van der Waals surface area contributed by atoms with E-state index in [1.807, 2.05) is 4.90 Å². The second kappa shape index (κ2) is 6.02. The number of carboxylic acid groups (broad SMARTS) is 1. The van der Waals surface area contributed by atoms with Crippen LogP contribution in [0.15, 0.2) is 0 Å². The number of carbonyl (C=O) groups is 2. The SMILES string of the molecule is CCCC1CCN(C(=O)N2CCC(C)(C(=O)O)C2)CC1. The lowest BCUT2D eigenvalue weighted by Crippen LogP contribution is -2.46. The second-order valence-electron chi connectivity index (χ2n) is 6.54. The molecule has 2 aliphatic rings. The van der Waals surface area contributed by atoms with Crippen molar-refractivity contribution in [1.82, 2.24) is 9.80 Å². The molecular weight excluding hydrogens is 256 g/mol. The van der Waals surface area contributed by atoms with Crippen molar-refractivity contribution in [1.29, 1.82) is 0 Å². The van der Waals surface area contributed by atoms with E-state index in [0.29, 0.717) is 19.5 Å². The van der Waals surface area contributed by atoms with Gasteiger partial charge in [0.15, 0.2) is 0 Å². The van der Waals surface area contributed by atoms with Crippen molar-refractivity contribution < 1.29 is 14.7 Å². The largest absolute Gasteiger partial charge is 0.481 e. The lowest BCUT2D eigenvalue weighted by Gasteiger charge is -2.34. The van der Waals surface area contributed by atoms with Crippen LogP contribution in [0.5, 0.6) is 0 Å². The smallest absolute Gasteiger partial charge is 0.320 e. The summed E-state index contributed by atoms with van der Waals surface area (Å²) in [4.78, 5) is 27.3. The van der Waals surface area contributed by atoms with Gasteiger partial charge in [-0.1, -0.05) is 19.8 Å². The third-order valence-corrected chi connectivity index (χ3v) is 4.84. The highest BCUT2D eigenvalue weighted by Crippen LogP contribution is 2.31. The Balaban J connectivity index is 1.86. The maximum Gasteiger partial charge on any atom is 0.320 e. The Morgan fingerprint density at radius 3 is 2.35 bits per heavy atom. The van der Waals surface area contributed by atoms with E-state index in [0.717, 1.165) is 31.8 Å². The van der Waals surface area contributed by atoms with E-state index in [9.17, 15) is 14.7 Å². The van der Waals surface area contributed by atoms with Crippen LogP contribution in [0.1, 0.15) is 46.0 Å². The fourth-order valence-electron chi connectivity index (χ4n) is 3.32. The van der Waals surface area contributed by atoms with Crippen molar-refractivity contribution in [3.63, 3.8) is 0 Å². The fraction of sp³-hybridized carbons (Fsp3) is 0.867. The Morgan fingerprint density at radius 1 is 1.20 bits per heavy atom. The third-order valence-electron chi connectivity index (χ3n) is 4.84. The van der Waals surface area contributed by atoms with Gasteiger partial charge in [-0.3, -0.25) is 4.79 Å². The Morgan fingerprint density at radius 2 is 1.85 bits per heavy atom. The molecular formula is C15H26N2O3. The van der Waals surface area contributed by atoms with E-state index < -0.39 is 11.4 Å². The van der Waals surface area contributed by atoms with E-state index in [2.05, 4.69) is 6.92 Å². The van der Waals surface area contributed by atoms with Gasteiger partial charge in [-0.25, -0.2) is 4.79 Å². The van der Waals surface area contributed by atoms with Crippen LogP contribution in [0.3, 0.4) is 0 Å². The number of amides is 2. The first-order valence-electron chi connectivity index (χ1n) is 7.73. The number of urea groups is 1. The topological polar surface area (TPSA) is 60.9 Å². The number of nitrogens with zero attached hydrogens (tertiary/aromatic N) is 2. The second-order valence-corrected chi connectivity index (χ2v) is 6.54. The molecule has 0 aliphatic carbocycles. The zero-order valence-corrected chi connectivity index (χ0v) is 12.6. The molecule has 1 atom stereocenters. The van der Waals surface area contributed by atoms with Crippen molar-refractivity contribution in [2.45, 2.75) is 46.0 Å². The van der Waals surface area contributed by atoms with Crippen LogP contribution in [0.2, 0.25) is 0 Å². The Bertz CT molecular complexity index is 377. The van der Waals surface area contributed by atoms with Gasteiger partial charge in [0.1, 0.15) is 0 Å². The van der Waals surface area contributed by atoms with Crippen LogP contribution in [0.4, 0.5) is 4.79 Å². The predicted octanol–water partition coefficient (Wildman–Crippen LogP) is 2.42. The minimum absolute atomic E-state index is 0.0323. The molecule has 2 aliphatic heterocycles. The van der Waals surface area contributed by atoms with E-state index in [1.54, 1.807) is 11.8 Å². The van der Waals surface area contributed by atoms with Crippen molar-refractivity contribution in [2.75, 3.05) is 26.2 Å². The van der Waals surface area contributed by atoms with E-state index in [4.69, 9.17) is 0 Å². The fourth-order valence-corrected chi connectivity index (χ4v) is 3.32. The van der Waals surface area contributed by atoms with Crippen molar-refractivity contribution >= 4 is 12.0 Å². The van der Waals surface area contributed by atoms with Gasteiger partial charge in [-0.2, -0.15) is 0 Å². The first kappa shape index (κ1) is 15.1. The highest BCUT2D eigenvalue weighted by atomic mass is 16.4. The first-order valence-corrected chi connectivity index (χ1v) is 7.73. The number of rotatable bonds is 3. The van der Waals surface area contributed by atoms with Crippen LogP contribution in [-0.2, 0) is 4.79 Å². The molecule has 1 unspecified atom stereocenters. The monoisotopic (exact) mass is 282 g/mol. The van der Waals surface area contributed by atoms with Gasteiger partial charge < -0.3 is 14.9 Å². The molecule has 2 amide bonds. The summed E-state index contributed by atoms with van der Waals surface area (Å²) in [6, 6.07) is 0.0323. The highest BCUT2D eigenvalue weighted by Gasteiger charge is 2.43. The lowest BCUT2D eigenvalue weighted by molar-refractivity contribution is -0.147. The minimum Gasteiger partial charge on any atom is -0.481 e. The average Bonchev–Trinajstić information content (AvgIpc) is 2.83. The van der Waals surface area contributed by atoms with Gasteiger partial charge in [-0.15, -0.1) is 0 Å². The Hall–Kier alpha value is -1.26. The standard InChI is InChI=1S/C15H26N2O3/c1-3-4-12-5-8-16(9-6-12)14(20)17-10-7-15(2,11-17)13(18)19/h12H,3-11H2,1-2H3,(H,18,19). The van der Waals surface area contributed by atoms with Crippen LogP contribution in [-0.4, -0.2) is 53.1 Å². The van der Waals surface area contributed by atoms with Crippen molar-refractivity contribution in [3.8, 4) is 0 Å². The van der Waals surface area contributed by atoms with Crippen LogP contribution >= 0.6 is 0 Å². The molecule has 5 heteroatoms. The molecule has 2 saturated heterocycles. The molecule has 0 radical (unpaired) electrons. The summed E-state index contributed by atoms with van der Waals surface area (Å²) >= 11 is 0. The first-order chi connectivity index (χ1) is 9.46. The summed E-state index contributed by atoms with van der Waals surface area (Å²) in [6.45, 7) is 6.49. The molecule has 0 bridgehead atoms. The molecule has 0 aromatic rings. The number of carbonyl (C=O) groups excluding carboxylic acids is 1. The highest BCUT2D eigenvalue weighted by molar-refractivity contribution is 5.79. The number of hydrogen-bond acceptors (Lipinski definition) is 2. The quantitative estimate of drug-likeness (QED) is 0.864. The molecule has 2 rings (SSSR count). The summed E-state index contributed by atoms with van der Waals surface area (Å²) in [5.74, 6) is -0.0404. The zero-order valence-electron chi connectivity index (χ0n) is 12.6. The maximum atomic E-state index is 12.4. The third kappa shape index (κ3) is 3.07. The summed E-state index contributed by atoms with van der Waals surface area (Å²) in [6.07, 6.45) is 5.19. The number of piperidine rings is 1. The maximum absolute atomic E-state index is 12.4. The van der Waals surface area contributed by atoms with E-state index in [-0.39, 0.29) is 6.03 Å². The average molecular weight is 282 g/mol. The molecule has 0 saturated carbocycles. The molecule has 2 heterocycles. The summed E-state index contributed by atoms with van der Waals surface area (Å²) in [7, 11) is 0. The molecule has 2 fully saturated rings. The molecule has 0 spiro atoms. The van der Waals surface area contributed by atoms with Gasteiger partial charge in [0.05, 0.1) is 5.41 Å². The minimum atomic E-state index is -0.797. The van der Waals surface area contributed by atoms with Crippen molar-refractivity contribution in [2.24, 2.45) is 11.3 Å². The van der Waals surface area contributed by atoms with Gasteiger partial charge >= 0.3 is 12.0 Å². The molecule has 0 aromatic heterocycles. The number of aliphatic carboxylic acids is 1. The lowest BCUT2D eigenvalue weighted by atomic mass is 9.90. The number of carboxylic acids is 1. The summed E-state index contributed by atoms with van der Waals surface area (Å²) in [5, 5.41) is 9.22. The normalized spacial score (nSPS) is 27.9.